The van der Waals surface area contributed by atoms with Crippen LogP contribution in [0.5, 0.6) is 0 Å². The van der Waals surface area contributed by atoms with Gasteiger partial charge in [0.1, 0.15) is 0 Å². The number of aromatic nitrogens is 1. The Labute approximate surface area is 184 Å². The van der Waals surface area contributed by atoms with E-state index in [1.54, 1.807) is 4.57 Å². The molecule has 2 saturated heterocycles. The van der Waals surface area contributed by atoms with Crippen molar-refractivity contribution in [1.82, 2.24) is 9.47 Å². The molecule has 0 bridgehead atoms. The minimum Gasteiger partial charge on any atom is -0.381 e. The lowest BCUT2D eigenvalue weighted by Gasteiger charge is -2.20. The fraction of sp³-hybridized carbons (Fsp3) is 0.444. The van der Waals surface area contributed by atoms with Gasteiger partial charge in [0.05, 0.1) is 0 Å². The Bertz CT molecular complexity index is 1050. The van der Waals surface area contributed by atoms with Crippen LogP contribution in [0.3, 0.4) is 0 Å². The smallest absolute Gasteiger partial charge is 0.233 e. The predicted molar refractivity (Wildman–Crippen MR) is 126 cm³/mol. The molecule has 31 heavy (non-hydrogen) atoms. The van der Waals surface area contributed by atoms with Crippen molar-refractivity contribution in [3.8, 4) is 11.1 Å². The molecule has 4 nitrogen and oxygen atoms in total. The van der Waals surface area contributed by atoms with Gasteiger partial charge in [-0.3, -0.25) is 9.36 Å². The lowest BCUT2D eigenvalue weighted by atomic mass is 9.99. The first-order valence-electron chi connectivity index (χ1n) is 11.7. The number of likely N-dealkylation sites (tertiary alicyclic amines) is 1. The van der Waals surface area contributed by atoms with Crippen molar-refractivity contribution < 1.29 is 9.53 Å². The van der Waals surface area contributed by atoms with E-state index in [1.165, 1.54) is 36.1 Å². The molecule has 4 heteroatoms. The SMILES string of the molecule is CC1CCCN1CCc1ccc(-c2ccc3cn(C(=O)C4CCOCC4)cc3c2)cc1. The van der Waals surface area contributed by atoms with Crippen molar-refractivity contribution in [2.75, 3.05) is 26.3 Å². The van der Waals surface area contributed by atoms with Gasteiger partial charge in [0.2, 0.25) is 5.91 Å². The first-order valence-corrected chi connectivity index (χ1v) is 11.7. The van der Waals surface area contributed by atoms with Crippen molar-refractivity contribution in [1.29, 1.82) is 0 Å². The number of rotatable bonds is 5. The van der Waals surface area contributed by atoms with Crippen LogP contribution in [0.2, 0.25) is 0 Å². The zero-order valence-electron chi connectivity index (χ0n) is 18.4. The van der Waals surface area contributed by atoms with Crippen LogP contribution < -0.4 is 0 Å². The highest BCUT2D eigenvalue weighted by Gasteiger charge is 2.23. The van der Waals surface area contributed by atoms with Crippen LogP contribution in [0.25, 0.3) is 21.9 Å². The summed E-state index contributed by atoms with van der Waals surface area (Å²) in [5, 5.41) is 2.23. The van der Waals surface area contributed by atoms with Gasteiger partial charge in [-0.25, -0.2) is 0 Å². The van der Waals surface area contributed by atoms with Gasteiger partial charge in [-0.2, -0.15) is 0 Å². The average molecular weight is 417 g/mol. The quantitative estimate of drug-likeness (QED) is 0.558. The summed E-state index contributed by atoms with van der Waals surface area (Å²) in [6.07, 6.45) is 9.39. The minimum atomic E-state index is 0.0751. The van der Waals surface area contributed by atoms with Gasteiger partial charge in [0, 0.05) is 49.5 Å². The lowest BCUT2D eigenvalue weighted by molar-refractivity contribution is 0.0487. The van der Waals surface area contributed by atoms with Crippen LogP contribution in [0.1, 0.15) is 43.0 Å². The zero-order valence-corrected chi connectivity index (χ0v) is 18.4. The zero-order chi connectivity index (χ0) is 21.2. The molecule has 5 rings (SSSR count). The number of hydrogen-bond donors (Lipinski definition) is 0. The van der Waals surface area contributed by atoms with E-state index in [1.807, 2.05) is 12.4 Å². The van der Waals surface area contributed by atoms with Crippen molar-refractivity contribution in [3.05, 3.63) is 60.4 Å². The van der Waals surface area contributed by atoms with Gasteiger partial charge in [0.25, 0.3) is 0 Å². The Morgan fingerprint density at radius 3 is 2.45 bits per heavy atom. The third-order valence-corrected chi connectivity index (χ3v) is 7.13. The Kier molecular flexibility index (Phi) is 5.93. The molecule has 2 fully saturated rings. The van der Waals surface area contributed by atoms with E-state index >= 15 is 0 Å². The maximum atomic E-state index is 12.8. The topological polar surface area (TPSA) is 34.5 Å². The Hall–Kier alpha value is -2.43. The van der Waals surface area contributed by atoms with Gasteiger partial charge in [-0.15, -0.1) is 0 Å². The molecule has 3 heterocycles. The number of benzene rings is 2. The molecule has 0 aliphatic carbocycles. The van der Waals surface area contributed by atoms with Crippen LogP contribution in [0.15, 0.2) is 54.9 Å². The number of ether oxygens (including phenoxy) is 1. The summed E-state index contributed by atoms with van der Waals surface area (Å²) in [4.78, 5) is 15.4. The summed E-state index contributed by atoms with van der Waals surface area (Å²) in [7, 11) is 0. The molecule has 2 aromatic carbocycles. The summed E-state index contributed by atoms with van der Waals surface area (Å²) in [6.45, 7) is 6.12. The van der Waals surface area contributed by atoms with Gasteiger partial charge >= 0.3 is 0 Å². The van der Waals surface area contributed by atoms with Crippen molar-refractivity contribution in [2.24, 2.45) is 5.92 Å². The molecule has 3 aromatic rings. The van der Waals surface area contributed by atoms with E-state index in [9.17, 15) is 4.79 Å². The van der Waals surface area contributed by atoms with Crippen molar-refractivity contribution >= 4 is 16.7 Å². The molecule has 1 atom stereocenters. The van der Waals surface area contributed by atoms with Gasteiger partial charge in [0.15, 0.2) is 0 Å². The van der Waals surface area contributed by atoms with Crippen LogP contribution in [0, 0.1) is 5.92 Å². The fourth-order valence-electron chi connectivity index (χ4n) is 5.06. The highest BCUT2D eigenvalue weighted by molar-refractivity contribution is 5.92. The fourth-order valence-corrected chi connectivity index (χ4v) is 5.06. The van der Waals surface area contributed by atoms with Gasteiger partial charge in [-0.05, 0) is 73.7 Å². The highest BCUT2D eigenvalue weighted by atomic mass is 16.5. The Morgan fingerprint density at radius 1 is 0.968 bits per heavy atom. The monoisotopic (exact) mass is 416 g/mol. The Balaban J connectivity index is 1.29. The van der Waals surface area contributed by atoms with Crippen LogP contribution >= 0.6 is 0 Å². The molecule has 2 aliphatic heterocycles. The normalized spacial score (nSPS) is 20.5. The highest BCUT2D eigenvalue weighted by Crippen LogP contribution is 2.27. The van der Waals surface area contributed by atoms with E-state index in [0.29, 0.717) is 13.2 Å². The molecule has 0 saturated carbocycles. The lowest BCUT2D eigenvalue weighted by Crippen LogP contribution is -2.28. The van der Waals surface area contributed by atoms with Crippen LogP contribution in [0.4, 0.5) is 0 Å². The molecular formula is C27H32N2O2. The number of carbonyl (C=O) groups excluding carboxylic acids is 1. The number of fused-ring (bicyclic) bond motifs is 1. The first kappa shape index (κ1) is 20.5. The molecule has 1 unspecified atom stereocenters. The molecule has 162 valence electrons. The molecule has 0 amide bonds. The van der Waals surface area contributed by atoms with E-state index in [2.05, 4.69) is 54.3 Å². The summed E-state index contributed by atoms with van der Waals surface area (Å²) >= 11 is 0. The Morgan fingerprint density at radius 2 is 1.71 bits per heavy atom. The summed E-state index contributed by atoms with van der Waals surface area (Å²) in [5.74, 6) is 0.267. The molecular weight excluding hydrogens is 384 g/mol. The molecule has 0 N–H and O–H groups in total. The van der Waals surface area contributed by atoms with Crippen molar-refractivity contribution in [2.45, 2.75) is 45.1 Å². The summed E-state index contributed by atoms with van der Waals surface area (Å²) in [5.41, 5.74) is 3.82. The second-order valence-corrected chi connectivity index (χ2v) is 9.21. The maximum Gasteiger partial charge on any atom is 0.233 e. The largest absolute Gasteiger partial charge is 0.381 e. The predicted octanol–water partition coefficient (Wildman–Crippen LogP) is 5.40. The second-order valence-electron chi connectivity index (χ2n) is 9.21. The summed E-state index contributed by atoms with van der Waals surface area (Å²) in [6, 6.07) is 16.2. The van der Waals surface area contributed by atoms with E-state index < -0.39 is 0 Å². The molecule has 2 aliphatic rings. The maximum absolute atomic E-state index is 12.8. The number of nitrogens with zero attached hydrogens (tertiary/aromatic N) is 2. The van der Waals surface area contributed by atoms with Gasteiger partial charge < -0.3 is 9.64 Å². The number of hydrogen-bond acceptors (Lipinski definition) is 3. The minimum absolute atomic E-state index is 0.0751. The van der Waals surface area contributed by atoms with E-state index in [4.69, 9.17) is 4.74 Å². The van der Waals surface area contributed by atoms with Crippen molar-refractivity contribution in [3.63, 3.8) is 0 Å². The molecule has 0 radical (unpaired) electrons. The van der Waals surface area contributed by atoms with Gasteiger partial charge in [-0.1, -0.05) is 36.4 Å². The standard InChI is InChI=1S/C27H32N2O2/c1-20-3-2-13-28(20)14-10-21-4-6-22(7-5-21)24-8-9-25-18-29(19-26(25)17-24)27(30)23-11-15-31-16-12-23/h4-9,17-20,23H,2-3,10-16H2,1H3. The van der Waals surface area contributed by atoms with E-state index in [-0.39, 0.29) is 11.8 Å². The summed E-state index contributed by atoms with van der Waals surface area (Å²) < 4.78 is 7.18. The first-order chi connectivity index (χ1) is 15.2. The molecule has 0 spiro atoms. The van der Waals surface area contributed by atoms with Crippen LogP contribution in [-0.4, -0.2) is 47.7 Å². The second kappa shape index (κ2) is 8.97. The third kappa shape index (κ3) is 4.46. The number of carbonyl (C=O) groups is 1. The third-order valence-electron chi connectivity index (χ3n) is 7.13. The van der Waals surface area contributed by atoms with E-state index in [0.717, 1.165) is 42.6 Å². The van der Waals surface area contributed by atoms with Crippen LogP contribution in [-0.2, 0) is 11.2 Å². The average Bonchev–Trinajstić information content (AvgIpc) is 3.43. The molecule has 1 aromatic heterocycles.